The van der Waals surface area contributed by atoms with Crippen molar-refractivity contribution in [3.8, 4) is 0 Å². The Hall–Kier alpha value is -0.0156. The first-order chi connectivity index (χ1) is 42.7. The SMILES string of the molecule is CCCCCCCCC=CCCCCCCCCN(CCCCN(CCCCCCCCC=CCCCCCCCC)CC(O)CNC(=O)C(CCCNCCCN)NCCCN)CC(O)CNC(=O)C(CCCNCCCN)NCCCN.[I][V][I]. The molecule has 87 heavy (non-hydrogen) atoms. The van der Waals surface area contributed by atoms with Gasteiger partial charge in [0.25, 0.3) is 0 Å². The molecule has 0 saturated carbocycles. The first-order valence-corrected chi connectivity index (χ1v) is 45.0. The number of nitrogens with one attached hydrogen (secondary N) is 6. The second-order valence-corrected chi connectivity index (χ2v) is 36.2. The van der Waals surface area contributed by atoms with E-state index < -0.39 is 12.2 Å². The van der Waals surface area contributed by atoms with Crippen molar-refractivity contribution in [1.82, 2.24) is 41.7 Å². The topological polar surface area (TPSA) is 257 Å². The van der Waals surface area contributed by atoms with Crippen LogP contribution in [0.15, 0.2) is 24.3 Å². The summed E-state index contributed by atoms with van der Waals surface area (Å²) in [5.74, 6) is -0.143. The second-order valence-electron chi connectivity index (χ2n) is 24.4. The van der Waals surface area contributed by atoms with Crippen LogP contribution in [0, 0.1) is 0 Å². The van der Waals surface area contributed by atoms with Crippen LogP contribution >= 0.6 is 40.0 Å². The van der Waals surface area contributed by atoms with E-state index in [-0.39, 0.29) is 37.0 Å². The summed E-state index contributed by atoms with van der Waals surface area (Å²) < 4.78 is 0. The summed E-state index contributed by atoms with van der Waals surface area (Å²) >= 11 is 4.74. The van der Waals surface area contributed by atoms with Crippen LogP contribution in [0.1, 0.15) is 258 Å². The molecule has 0 heterocycles. The normalized spacial score (nSPS) is 13.2. The fraction of sp³-hybridized carbons (Fsp3) is 0.912. The molecule has 0 bridgehead atoms. The number of amides is 2. The molecular formula is C68H142I2N12O4V. The van der Waals surface area contributed by atoms with Crippen molar-refractivity contribution < 1.29 is 29.3 Å². The minimum atomic E-state index is -0.688. The summed E-state index contributed by atoms with van der Waals surface area (Å²) in [5, 5.41) is 42.7. The summed E-state index contributed by atoms with van der Waals surface area (Å²) in [4.78, 5) is 31.8. The van der Waals surface area contributed by atoms with Gasteiger partial charge < -0.3 is 74.8 Å². The molecular weight excluding hydrogens is 1350 g/mol. The van der Waals surface area contributed by atoms with E-state index in [1.807, 2.05) is 0 Å². The molecule has 4 unspecified atom stereocenters. The average Bonchev–Trinajstić information content (AvgIpc) is 3.55. The standard InChI is InChI=1S/C68H142N12O4.2HI.V/c1-3-5-7-9-11-13-15-17-19-21-23-25-27-29-31-33-55-79(61-63(81)59-77-67(83)65(75-53-41-47-71)43-37-49-73-51-39-45-69)57-35-36-58-80(56-34-32-30-28-26-24-22-20-18-16-14-12-10-8-6-4-2)62-64(82)60-78-68(84)66(76-54-42-48-72)44-38-50-74-52-40-46-70;;;/h17-20,63-66,73-76,81-82H,3-16,21-62,69-72H2,1-2H3,(H,77,83)(H,78,84);2*1H;/q;;;+2/p-2. The van der Waals surface area contributed by atoms with Crippen LogP contribution in [0.25, 0.3) is 0 Å². The molecule has 0 aliphatic heterocycles. The number of hydrogen-bond donors (Lipinski definition) is 12. The van der Waals surface area contributed by atoms with E-state index >= 15 is 0 Å². The van der Waals surface area contributed by atoms with E-state index in [1.54, 1.807) is 0 Å². The fourth-order valence-corrected chi connectivity index (χ4v) is 10.8. The van der Waals surface area contributed by atoms with Gasteiger partial charge in [-0.3, -0.25) is 9.59 Å². The number of carbonyl (C=O) groups excluding carboxylic acids is 2. The molecule has 0 fully saturated rings. The molecule has 0 aliphatic rings. The molecule has 0 spiro atoms. The van der Waals surface area contributed by atoms with E-state index in [0.717, 1.165) is 117 Å². The Morgan fingerprint density at radius 3 is 0.977 bits per heavy atom. The second kappa shape index (κ2) is 75.0. The van der Waals surface area contributed by atoms with Crippen molar-refractivity contribution in [1.29, 1.82) is 0 Å². The van der Waals surface area contributed by atoms with Crippen molar-refractivity contribution in [3.63, 3.8) is 0 Å². The predicted octanol–water partition coefficient (Wildman–Crippen LogP) is 11.2. The van der Waals surface area contributed by atoms with Crippen LogP contribution in [0.3, 0.4) is 0 Å². The van der Waals surface area contributed by atoms with Crippen molar-refractivity contribution in [3.05, 3.63) is 24.3 Å². The van der Waals surface area contributed by atoms with Crippen molar-refractivity contribution in [2.45, 2.75) is 282 Å². The van der Waals surface area contributed by atoms with Gasteiger partial charge in [0.15, 0.2) is 0 Å². The number of carbonyl (C=O) groups is 2. The van der Waals surface area contributed by atoms with Crippen LogP contribution in [-0.4, -0.2) is 174 Å². The molecule has 0 aromatic heterocycles. The Morgan fingerprint density at radius 1 is 0.402 bits per heavy atom. The van der Waals surface area contributed by atoms with Gasteiger partial charge in [0.05, 0.1) is 24.3 Å². The number of halogens is 2. The zero-order chi connectivity index (χ0) is 64.0. The van der Waals surface area contributed by atoms with Gasteiger partial charge in [-0.25, -0.2) is 0 Å². The number of allylic oxidation sites excluding steroid dienone is 4. The van der Waals surface area contributed by atoms with Gasteiger partial charge in [0.1, 0.15) is 0 Å². The summed E-state index contributed by atoms with van der Waals surface area (Å²) in [6.07, 6.45) is 52.3. The Kier molecular flexibility index (Phi) is 76.8. The molecule has 16 N–H and O–H groups in total. The average molecular weight is 1500 g/mol. The van der Waals surface area contributed by atoms with Gasteiger partial charge in [-0.15, -0.1) is 0 Å². The van der Waals surface area contributed by atoms with Crippen LogP contribution < -0.4 is 54.8 Å². The summed E-state index contributed by atoms with van der Waals surface area (Å²) in [5.41, 5.74) is 22.9. The van der Waals surface area contributed by atoms with Gasteiger partial charge in [0, 0.05) is 26.2 Å². The number of rotatable bonds is 69. The fourth-order valence-electron chi connectivity index (χ4n) is 10.8. The Morgan fingerprint density at radius 2 is 0.667 bits per heavy atom. The molecule has 4 atom stereocenters. The summed E-state index contributed by atoms with van der Waals surface area (Å²) in [6.45, 7) is 16.7. The Labute approximate surface area is 565 Å². The third-order valence-corrected chi connectivity index (χ3v) is 16.1. The van der Waals surface area contributed by atoms with Crippen molar-refractivity contribution in [2.75, 3.05) is 118 Å². The Bertz CT molecular complexity index is 1350. The van der Waals surface area contributed by atoms with Crippen LogP contribution in [-0.2, 0) is 19.1 Å². The van der Waals surface area contributed by atoms with Crippen LogP contribution in [0.4, 0.5) is 0 Å². The number of unbranched alkanes of at least 4 members (excludes halogenated alkanes) is 25. The maximum atomic E-state index is 13.5. The number of hydrogen-bond acceptors (Lipinski definition) is 14. The molecule has 0 saturated heterocycles. The first-order valence-electron chi connectivity index (χ1n) is 35.9. The van der Waals surface area contributed by atoms with Crippen molar-refractivity contribution >= 4 is 51.8 Å². The van der Waals surface area contributed by atoms with Crippen LogP contribution in [0.2, 0.25) is 0 Å². The summed E-state index contributed by atoms with van der Waals surface area (Å²) in [6, 6.07) is -0.673. The molecule has 19 heteroatoms. The van der Waals surface area contributed by atoms with Gasteiger partial charge in [-0.05, 0) is 220 Å². The van der Waals surface area contributed by atoms with Gasteiger partial charge in [-0.1, -0.05) is 154 Å². The first kappa shape index (κ1) is 89.0. The zero-order valence-electron chi connectivity index (χ0n) is 56.3. The molecule has 0 aliphatic carbocycles. The third-order valence-electron chi connectivity index (χ3n) is 16.1. The maximum absolute atomic E-state index is 13.5. The van der Waals surface area contributed by atoms with E-state index in [0.29, 0.717) is 74.7 Å². The molecule has 0 aromatic rings. The van der Waals surface area contributed by atoms with E-state index in [4.69, 9.17) is 22.9 Å². The Balaban J connectivity index is 0. The third kappa shape index (κ3) is 67.2. The molecule has 0 radical (unpaired) electrons. The number of nitrogens with two attached hydrogens (primary N) is 4. The number of aliphatic hydroxyl groups excluding tert-OH is 2. The van der Waals surface area contributed by atoms with E-state index in [9.17, 15) is 19.8 Å². The van der Waals surface area contributed by atoms with Crippen LogP contribution in [0.5, 0.6) is 0 Å². The van der Waals surface area contributed by atoms with Crippen molar-refractivity contribution in [2.24, 2.45) is 22.9 Å². The van der Waals surface area contributed by atoms with Gasteiger partial charge in [-0.2, -0.15) is 0 Å². The molecule has 16 nitrogen and oxygen atoms in total. The van der Waals surface area contributed by atoms with E-state index in [1.165, 1.54) is 167 Å². The minimum absolute atomic E-state index is 0.0715. The van der Waals surface area contributed by atoms with Gasteiger partial charge in [0.2, 0.25) is 11.8 Å². The van der Waals surface area contributed by atoms with Gasteiger partial charge >= 0.3 is 49.4 Å². The molecule has 517 valence electrons. The van der Waals surface area contributed by atoms with E-state index in [2.05, 4.69) is 120 Å². The monoisotopic (exact) mass is 1500 g/mol. The summed E-state index contributed by atoms with van der Waals surface area (Å²) in [7, 11) is 0.628. The predicted molar refractivity (Wildman–Crippen MR) is 390 cm³/mol. The number of aliphatic hydroxyl groups is 2. The zero-order valence-corrected chi connectivity index (χ0v) is 62.0. The molecule has 0 rings (SSSR count). The quantitative estimate of drug-likeness (QED) is 0.0154. The molecule has 2 amide bonds. The molecule has 0 aromatic carbocycles. The number of nitrogens with zero attached hydrogens (tertiary/aromatic N) is 2.